The van der Waals surface area contributed by atoms with Crippen LogP contribution in [-0.4, -0.2) is 52.0 Å². The predicted octanol–water partition coefficient (Wildman–Crippen LogP) is 3.70. The molecule has 4 aromatic rings. The molecule has 0 saturated heterocycles. The highest BCUT2D eigenvalue weighted by molar-refractivity contribution is 5.95. The van der Waals surface area contributed by atoms with E-state index in [1.54, 1.807) is 29.2 Å². The molecule has 2 N–H and O–H groups in total. The fourth-order valence-electron chi connectivity index (χ4n) is 4.76. The van der Waals surface area contributed by atoms with Gasteiger partial charge in [-0.2, -0.15) is 0 Å². The van der Waals surface area contributed by atoms with Crippen LogP contribution in [0.5, 0.6) is 0 Å². The summed E-state index contributed by atoms with van der Waals surface area (Å²) >= 11 is 0. The number of anilines is 1. The Balaban J connectivity index is 1.46. The lowest BCUT2D eigenvalue weighted by Crippen LogP contribution is -2.48. The maximum Gasteiger partial charge on any atom is 0.274 e. The van der Waals surface area contributed by atoms with Crippen molar-refractivity contribution in [1.82, 2.24) is 24.8 Å². The molecule has 3 heterocycles. The third kappa shape index (κ3) is 6.47. The molecule has 39 heavy (non-hydrogen) atoms. The Morgan fingerprint density at radius 2 is 1.74 bits per heavy atom. The maximum atomic E-state index is 13.9. The van der Waals surface area contributed by atoms with Gasteiger partial charge in [0.15, 0.2) is 0 Å². The highest BCUT2D eigenvalue weighted by atomic mass is 16.2. The van der Waals surface area contributed by atoms with Crippen molar-refractivity contribution in [1.29, 1.82) is 0 Å². The Kier molecular flexibility index (Phi) is 7.95. The minimum Gasteiger partial charge on any atom is -0.320 e. The standard InChI is InChI=1S/C31H34N6O2/c1-36(2)18-19-37-22-25(24-11-16-32-17-12-24)21-27(30(37)39)34-29(38)26(20-23-8-4-3-5-9-23)35-31(13-14-31)28-10-6-7-15-33-28/h3-12,15-17,21-22,26,35H,13-14,18-20H2,1-2H3,(H,34,38)/t26-/m0/s1. The predicted molar refractivity (Wildman–Crippen MR) is 153 cm³/mol. The van der Waals surface area contributed by atoms with Gasteiger partial charge in [0.05, 0.1) is 17.3 Å². The van der Waals surface area contributed by atoms with Crippen LogP contribution in [0.3, 0.4) is 0 Å². The fourth-order valence-corrected chi connectivity index (χ4v) is 4.76. The fraction of sp³-hybridized carbons (Fsp3) is 0.290. The van der Waals surface area contributed by atoms with Crippen molar-refractivity contribution in [3.8, 4) is 11.1 Å². The number of amides is 1. The van der Waals surface area contributed by atoms with Gasteiger partial charge < -0.3 is 14.8 Å². The number of carbonyl (C=O) groups is 1. The maximum absolute atomic E-state index is 13.9. The van der Waals surface area contributed by atoms with Crippen molar-refractivity contribution in [3.05, 3.63) is 113 Å². The van der Waals surface area contributed by atoms with Gasteiger partial charge in [-0.15, -0.1) is 0 Å². The molecule has 200 valence electrons. The van der Waals surface area contributed by atoms with E-state index < -0.39 is 6.04 Å². The molecule has 0 spiro atoms. The first-order chi connectivity index (χ1) is 18.9. The Hall–Kier alpha value is -4.14. The van der Waals surface area contributed by atoms with Crippen LogP contribution < -0.4 is 16.2 Å². The molecular weight excluding hydrogens is 488 g/mol. The van der Waals surface area contributed by atoms with E-state index in [0.717, 1.165) is 35.2 Å². The van der Waals surface area contributed by atoms with Gasteiger partial charge in [-0.1, -0.05) is 36.4 Å². The summed E-state index contributed by atoms with van der Waals surface area (Å²) in [6, 6.07) is 20.8. The number of hydrogen-bond donors (Lipinski definition) is 2. The topological polar surface area (TPSA) is 92.2 Å². The number of rotatable bonds is 11. The van der Waals surface area contributed by atoms with Crippen molar-refractivity contribution >= 4 is 11.6 Å². The molecule has 1 saturated carbocycles. The first-order valence-corrected chi connectivity index (χ1v) is 13.3. The molecule has 1 atom stereocenters. The summed E-state index contributed by atoms with van der Waals surface area (Å²) in [5.74, 6) is -0.246. The monoisotopic (exact) mass is 522 g/mol. The van der Waals surface area contributed by atoms with Gasteiger partial charge in [0, 0.05) is 43.4 Å². The summed E-state index contributed by atoms with van der Waals surface area (Å²) < 4.78 is 1.67. The lowest BCUT2D eigenvalue weighted by Gasteiger charge is -2.25. The van der Waals surface area contributed by atoms with E-state index in [9.17, 15) is 9.59 Å². The Morgan fingerprint density at radius 1 is 1.00 bits per heavy atom. The summed E-state index contributed by atoms with van der Waals surface area (Å²) in [4.78, 5) is 38.1. The largest absolute Gasteiger partial charge is 0.320 e. The van der Waals surface area contributed by atoms with E-state index in [1.165, 1.54) is 0 Å². The molecule has 1 aliphatic rings. The summed E-state index contributed by atoms with van der Waals surface area (Å²) in [5.41, 5.74) is 3.42. The quantitative estimate of drug-likeness (QED) is 0.312. The molecule has 1 aliphatic carbocycles. The Morgan fingerprint density at radius 3 is 2.41 bits per heavy atom. The van der Waals surface area contributed by atoms with Crippen molar-refractivity contribution in [2.75, 3.05) is 26.0 Å². The number of aromatic nitrogens is 3. The van der Waals surface area contributed by atoms with Gasteiger partial charge in [0.25, 0.3) is 5.56 Å². The molecule has 0 aliphatic heterocycles. The van der Waals surface area contributed by atoms with Crippen LogP contribution in [0.1, 0.15) is 24.1 Å². The van der Waals surface area contributed by atoms with Gasteiger partial charge in [-0.25, -0.2) is 0 Å². The minimum absolute atomic E-state index is 0.229. The zero-order chi connectivity index (χ0) is 27.2. The Bertz CT molecular complexity index is 1450. The normalized spacial score (nSPS) is 14.6. The van der Waals surface area contributed by atoms with Gasteiger partial charge >= 0.3 is 0 Å². The van der Waals surface area contributed by atoms with Crippen molar-refractivity contribution in [2.45, 2.75) is 37.4 Å². The van der Waals surface area contributed by atoms with E-state index in [4.69, 9.17) is 0 Å². The third-order valence-corrected chi connectivity index (χ3v) is 7.10. The highest BCUT2D eigenvalue weighted by Crippen LogP contribution is 2.45. The third-order valence-electron chi connectivity index (χ3n) is 7.10. The van der Waals surface area contributed by atoms with Crippen molar-refractivity contribution < 1.29 is 4.79 Å². The van der Waals surface area contributed by atoms with E-state index >= 15 is 0 Å². The average molecular weight is 523 g/mol. The van der Waals surface area contributed by atoms with Gasteiger partial charge in [-0.05, 0) is 74.8 Å². The van der Waals surface area contributed by atoms with Crippen molar-refractivity contribution in [3.63, 3.8) is 0 Å². The minimum atomic E-state index is -0.559. The second-order valence-electron chi connectivity index (χ2n) is 10.4. The van der Waals surface area contributed by atoms with Crippen LogP contribution in [0, 0.1) is 0 Å². The molecule has 8 nitrogen and oxygen atoms in total. The van der Waals surface area contributed by atoms with Crippen LogP contribution >= 0.6 is 0 Å². The van der Waals surface area contributed by atoms with Gasteiger partial charge in [0.2, 0.25) is 5.91 Å². The summed E-state index contributed by atoms with van der Waals surface area (Å²) in [7, 11) is 3.94. The molecule has 5 rings (SSSR count). The van der Waals surface area contributed by atoms with E-state index in [0.29, 0.717) is 19.5 Å². The van der Waals surface area contributed by atoms with Crippen LogP contribution in [0.2, 0.25) is 0 Å². The molecular formula is C31H34N6O2. The second-order valence-corrected chi connectivity index (χ2v) is 10.4. The number of carbonyl (C=O) groups excluding carboxylic acids is 1. The molecule has 0 unspecified atom stereocenters. The molecule has 0 radical (unpaired) electrons. The van der Waals surface area contributed by atoms with Crippen LogP contribution in [-0.2, 0) is 23.3 Å². The average Bonchev–Trinajstić information content (AvgIpc) is 3.75. The molecule has 3 aromatic heterocycles. The lowest BCUT2D eigenvalue weighted by molar-refractivity contribution is -0.118. The van der Waals surface area contributed by atoms with E-state index in [1.807, 2.05) is 85.9 Å². The number of nitrogens with one attached hydrogen (secondary N) is 2. The van der Waals surface area contributed by atoms with Crippen molar-refractivity contribution in [2.24, 2.45) is 0 Å². The Labute approximate surface area is 228 Å². The zero-order valence-electron chi connectivity index (χ0n) is 22.4. The smallest absolute Gasteiger partial charge is 0.274 e. The summed E-state index contributed by atoms with van der Waals surface area (Å²) in [6.07, 6.45) is 9.35. The summed E-state index contributed by atoms with van der Waals surface area (Å²) in [6.45, 7) is 1.19. The number of pyridine rings is 3. The van der Waals surface area contributed by atoms with Crippen LogP contribution in [0.25, 0.3) is 11.1 Å². The number of nitrogens with zero attached hydrogens (tertiary/aromatic N) is 4. The molecule has 8 heteroatoms. The van der Waals surface area contributed by atoms with E-state index in [-0.39, 0.29) is 22.7 Å². The first kappa shape index (κ1) is 26.5. The van der Waals surface area contributed by atoms with Gasteiger partial charge in [-0.3, -0.25) is 24.9 Å². The number of likely N-dealkylation sites (N-methyl/N-ethyl adjacent to an activating group) is 1. The zero-order valence-corrected chi connectivity index (χ0v) is 22.4. The van der Waals surface area contributed by atoms with Gasteiger partial charge in [0.1, 0.15) is 5.69 Å². The molecule has 1 amide bonds. The molecule has 1 aromatic carbocycles. The molecule has 0 bridgehead atoms. The van der Waals surface area contributed by atoms with Crippen LogP contribution in [0.15, 0.2) is 96.3 Å². The second kappa shape index (κ2) is 11.7. The number of benzene rings is 1. The van der Waals surface area contributed by atoms with Crippen LogP contribution in [0.4, 0.5) is 5.69 Å². The lowest BCUT2D eigenvalue weighted by atomic mass is 10.0. The SMILES string of the molecule is CN(C)CCn1cc(-c2ccncc2)cc(NC(=O)[C@H](Cc2ccccc2)NC2(c3ccccn3)CC2)c1=O. The first-order valence-electron chi connectivity index (χ1n) is 13.3. The van der Waals surface area contributed by atoms with E-state index in [2.05, 4.69) is 20.6 Å². The number of hydrogen-bond acceptors (Lipinski definition) is 6. The highest BCUT2D eigenvalue weighted by Gasteiger charge is 2.47. The summed E-state index contributed by atoms with van der Waals surface area (Å²) in [5, 5.41) is 6.60. The molecule has 1 fully saturated rings.